The van der Waals surface area contributed by atoms with Crippen LogP contribution in [0.25, 0.3) is 0 Å². The number of aliphatic carboxylic acids is 1. The summed E-state index contributed by atoms with van der Waals surface area (Å²) < 4.78 is 24.1. The smallest absolute Gasteiger partial charge is 0.316 e. The molecular formula is C9H8ClFO3S. The van der Waals surface area contributed by atoms with Crippen LogP contribution in [0.15, 0.2) is 18.2 Å². The standard InChI is InChI=1S/C9H8ClFO3S/c10-7-2-1-6(3-8(7)11)4-15(14)5-9(12)13/h1-3H,4-5H2,(H,12,13). The highest BCUT2D eigenvalue weighted by atomic mass is 35.5. The Labute approximate surface area is 93.3 Å². The van der Waals surface area contributed by atoms with Gasteiger partial charge >= 0.3 is 5.97 Å². The molecule has 1 rings (SSSR count). The van der Waals surface area contributed by atoms with Crippen LogP contribution in [0.1, 0.15) is 5.56 Å². The van der Waals surface area contributed by atoms with Gasteiger partial charge in [-0.3, -0.25) is 9.00 Å². The predicted octanol–water partition coefficient (Wildman–Crippen LogP) is 1.81. The minimum Gasteiger partial charge on any atom is -0.481 e. The molecule has 0 radical (unpaired) electrons. The van der Waals surface area contributed by atoms with Gasteiger partial charge < -0.3 is 5.11 Å². The molecule has 0 spiro atoms. The van der Waals surface area contributed by atoms with Gasteiger partial charge in [-0.25, -0.2) is 4.39 Å². The number of hydrogen-bond acceptors (Lipinski definition) is 2. The molecule has 0 aliphatic carbocycles. The van der Waals surface area contributed by atoms with Gasteiger partial charge in [0.25, 0.3) is 0 Å². The largest absolute Gasteiger partial charge is 0.481 e. The van der Waals surface area contributed by atoms with Crippen LogP contribution in [0, 0.1) is 5.82 Å². The van der Waals surface area contributed by atoms with E-state index in [9.17, 15) is 13.4 Å². The van der Waals surface area contributed by atoms with Gasteiger partial charge in [-0.15, -0.1) is 0 Å². The molecule has 0 aliphatic heterocycles. The molecule has 0 aliphatic rings. The fourth-order valence-electron chi connectivity index (χ4n) is 1.00. The van der Waals surface area contributed by atoms with Crippen LogP contribution in [0.5, 0.6) is 0 Å². The summed E-state index contributed by atoms with van der Waals surface area (Å²) in [5, 5.41) is 8.36. The van der Waals surface area contributed by atoms with Crippen molar-refractivity contribution in [1.82, 2.24) is 0 Å². The SMILES string of the molecule is O=C(O)CS(=O)Cc1ccc(Cl)c(F)c1. The molecule has 1 aromatic rings. The summed E-state index contributed by atoms with van der Waals surface area (Å²) in [6.07, 6.45) is 0. The van der Waals surface area contributed by atoms with Gasteiger partial charge in [0.1, 0.15) is 11.6 Å². The molecule has 1 unspecified atom stereocenters. The third-order valence-electron chi connectivity index (χ3n) is 1.60. The third kappa shape index (κ3) is 3.97. The second kappa shape index (κ2) is 5.23. The van der Waals surface area contributed by atoms with Crippen molar-refractivity contribution in [2.45, 2.75) is 5.75 Å². The van der Waals surface area contributed by atoms with Crippen molar-refractivity contribution in [2.24, 2.45) is 0 Å². The van der Waals surface area contributed by atoms with Crippen molar-refractivity contribution in [3.8, 4) is 0 Å². The molecule has 0 aromatic heterocycles. The lowest BCUT2D eigenvalue weighted by Crippen LogP contribution is -2.10. The first-order valence-electron chi connectivity index (χ1n) is 3.99. The van der Waals surface area contributed by atoms with E-state index in [1.165, 1.54) is 12.1 Å². The van der Waals surface area contributed by atoms with E-state index in [1.54, 1.807) is 0 Å². The molecule has 0 saturated heterocycles. The third-order valence-corrected chi connectivity index (χ3v) is 3.13. The van der Waals surface area contributed by atoms with Crippen LogP contribution in [0.2, 0.25) is 5.02 Å². The highest BCUT2D eigenvalue weighted by molar-refractivity contribution is 7.84. The summed E-state index contributed by atoms with van der Waals surface area (Å²) in [6.45, 7) is 0. The highest BCUT2D eigenvalue weighted by Gasteiger charge is 2.08. The normalized spacial score (nSPS) is 12.4. The summed E-state index contributed by atoms with van der Waals surface area (Å²) in [7, 11) is -1.53. The molecule has 0 fully saturated rings. The maximum Gasteiger partial charge on any atom is 0.316 e. The van der Waals surface area contributed by atoms with Gasteiger partial charge in [0.05, 0.1) is 5.02 Å². The summed E-state index contributed by atoms with van der Waals surface area (Å²) in [4.78, 5) is 10.2. The van der Waals surface area contributed by atoms with E-state index in [-0.39, 0.29) is 10.8 Å². The van der Waals surface area contributed by atoms with Crippen molar-refractivity contribution in [2.75, 3.05) is 5.75 Å². The Hall–Kier alpha value is -0.940. The van der Waals surface area contributed by atoms with E-state index in [0.29, 0.717) is 5.56 Å². The van der Waals surface area contributed by atoms with Crippen molar-refractivity contribution in [3.05, 3.63) is 34.6 Å². The molecule has 0 heterocycles. The number of benzene rings is 1. The number of carbonyl (C=O) groups is 1. The first kappa shape index (κ1) is 12.1. The van der Waals surface area contributed by atoms with Gasteiger partial charge in [0.15, 0.2) is 0 Å². The number of rotatable bonds is 4. The van der Waals surface area contributed by atoms with Gasteiger partial charge in [-0.1, -0.05) is 17.7 Å². The fourth-order valence-corrected chi connectivity index (χ4v) is 2.05. The van der Waals surface area contributed by atoms with E-state index in [4.69, 9.17) is 16.7 Å². The van der Waals surface area contributed by atoms with E-state index < -0.39 is 28.3 Å². The summed E-state index contributed by atoms with van der Waals surface area (Å²) >= 11 is 5.46. The number of carboxylic acids is 1. The lowest BCUT2D eigenvalue weighted by atomic mass is 10.2. The Morgan fingerprint density at radius 2 is 2.20 bits per heavy atom. The molecular weight excluding hydrogens is 243 g/mol. The molecule has 82 valence electrons. The molecule has 0 bridgehead atoms. The van der Waals surface area contributed by atoms with Crippen LogP contribution >= 0.6 is 11.6 Å². The fraction of sp³-hybridized carbons (Fsp3) is 0.222. The number of carboxylic acid groups (broad SMARTS) is 1. The van der Waals surface area contributed by atoms with E-state index >= 15 is 0 Å². The highest BCUT2D eigenvalue weighted by Crippen LogP contribution is 2.16. The molecule has 3 nitrogen and oxygen atoms in total. The van der Waals surface area contributed by atoms with E-state index in [1.807, 2.05) is 0 Å². The zero-order chi connectivity index (χ0) is 11.4. The second-order valence-electron chi connectivity index (χ2n) is 2.87. The topological polar surface area (TPSA) is 54.4 Å². The zero-order valence-electron chi connectivity index (χ0n) is 7.57. The Morgan fingerprint density at radius 3 is 2.73 bits per heavy atom. The first-order valence-corrected chi connectivity index (χ1v) is 5.86. The molecule has 6 heteroatoms. The van der Waals surface area contributed by atoms with Gasteiger partial charge in [-0.2, -0.15) is 0 Å². The Kier molecular flexibility index (Phi) is 4.23. The first-order chi connectivity index (χ1) is 6.99. The number of halogens is 2. The molecule has 1 N–H and O–H groups in total. The molecule has 1 aromatic carbocycles. The predicted molar refractivity (Wildman–Crippen MR) is 55.8 cm³/mol. The quantitative estimate of drug-likeness (QED) is 0.887. The Bertz CT molecular complexity index is 408. The van der Waals surface area contributed by atoms with Crippen LogP contribution in [0.4, 0.5) is 4.39 Å². The summed E-state index contributed by atoms with van der Waals surface area (Å²) in [5.41, 5.74) is 0.469. The average molecular weight is 251 g/mol. The van der Waals surface area contributed by atoms with E-state index in [0.717, 1.165) is 6.07 Å². The van der Waals surface area contributed by atoms with Gasteiger partial charge in [-0.05, 0) is 17.7 Å². The lowest BCUT2D eigenvalue weighted by molar-refractivity contribution is -0.133. The van der Waals surface area contributed by atoms with Crippen LogP contribution in [-0.4, -0.2) is 21.0 Å². The van der Waals surface area contributed by atoms with Crippen molar-refractivity contribution < 1.29 is 18.5 Å². The number of hydrogen-bond donors (Lipinski definition) is 1. The molecule has 1 atom stereocenters. The molecule has 0 saturated carbocycles. The maximum atomic E-state index is 12.9. The van der Waals surface area contributed by atoms with Crippen molar-refractivity contribution >= 4 is 28.4 Å². The maximum absolute atomic E-state index is 12.9. The summed E-state index contributed by atoms with van der Waals surface area (Å²) in [5.74, 6) is -2.16. The lowest BCUT2D eigenvalue weighted by Gasteiger charge is -2.01. The Balaban J connectivity index is 2.69. The van der Waals surface area contributed by atoms with Gasteiger partial charge in [0.2, 0.25) is 0 Å². The monoisotopic (exact) mass is 250 g/mol. The van der Waals surface area contributed by atoms with Crippen molar-refractivity contribution in [1.29, 1.82) is 0 Å². The van der Waals surface area contributed by atoms with Crippen LogP contribution in [-0.2, 0) is 21.3 Å². The molecule has 0 amide bonds. The minimum absolute atomic E-state index is 0.0113. The molecule has 15 heavy (non-hydrogen) atoms. The second-order valence-corrected chi connectivity index (χ2v) is 4.73. The minimum atomic E-state index is -1.53. The van der Waals surface area contributed by atoms with Crippen molar-refractivity contribution in [3.63, 3.8) is 0 Å². The summed E-state index contributed by atoms with van der Waals surface area (Å²) in [6, 6.07) is 4.03. The van der Waals surface area contributed by atoms with E-state index in [2.05, 4.69) is 0 Å². The van der Waals surface area contributed by atoms with Crippen LogP contribution < -0.4 is 0 Å². The zero-order valence-corrected chi connectivity index (χ0v) is 9.15. The van der Waals surface area contributed by atoms with Gasteiger partial charge in [0, 0.05) is 16.6 Å². The Morgan fingerprint density at radius 1 is 1.53 bits per heavy atom. The van der Waals surface area contributed by atoms with Crippen LogP contribution in [0.3, 0.4) is 0 Å². The average Bonchev–Trinajstić information content (AvgIpc) is 2.10.